The molecule has 0 saturated carbocycles. The smallest absolute Gasteiger partial charge is 0.256 e. The Morgan fingerprint density at radius 3 is 2.74 bits per heavy atom. The van der Waals surface area contributed by atoms with E-state index in [2.05, 4.69) is 20.3 Å². The number of nitrogens with one attached hydrogen (secondary N) is 1. The number of benzene rings is 1. The number of aliphatic hydroxyl groups is 2. The maximum atomic E-state index is 14.4. The number of carbonyl (C=O) groups excluding carboxylic acids is 1. The number of halogens is 1. The Labute approximate surface area is 152 Å². The first-order valence-corrected chi connectivity index (χ1v) is 8.22. The van der Waals surface area contributed by atoms with Crippen molar-refractivity contribution in [2.75, 3.05) is 11.9 Å². The highest BCUT2D eigenvalue weighted by molar-refractivity contribution is 6.06. The molecule has 3 N–H and O–H groups in total. The van der Waals surface area contributed by atoms with Gasteiger partial charge in [-0.05, 0) is 12.1 Å². The fraction of sp³-hybridized carbons (Fsp3) is 0.294. The van der Waals surface area contributed by atoms with Crippen molar-refractivity contribution in [3.8, 4) is 0 Å². The standard InChI is InChI=1S/C17H16FN5O4/c18-11-13(25)10(6-24)27-17(11)23-8-21-12-14(19-7-20-15(12)23)22-16(26)9-4-2-1-3-5-9/h1-5,7-8,10-11,13,17,24-25H,6H2,(H,19,20,22,26)/t10?,11-,13+,17+/m0/s1. The predicted molar refractivity (Wildman–Crippen MR) is 91.6 cm³/mol. The fourth-order valence-corrected chi connectivity index (χ4v) is 2.98. The summed E-state index contributed by atoms with van der Waals surface area (Å²) < 4.78 is 21.1. The second kappa shape index (κ2) is 6.99. The molecule has 1 aliphatic rings. The number of hydrogen-bond acceptors (Lipinski definition) is 7. The quantitative estimate of drug-likeness (QED) is 0.614. The number of carbonyl (C=O) groups is 1. The average Bonchev–Trinajstić information content (AvgIpc) is 3.25. The van der Waals surface area contributed by atoms with Crippen LogP contribution in [0.4, 0.5) is 10.2 Å². The Kier molecular flexibility index (Phi) is 4.52. The van der Waals surface area contributed by atoms with E-state index in [1.54, 1.807) is 30.3 Å². The summed E-state index contributed by atoms with van der Waals surface area (Å²) in [6.45, 7) is -0.516. The van der Waals surface area contributed by atoms with E-state index in [0.29, 0.717) is 5.56 Å². The van der Waals surface area contributed by atoms with Gasteiger partial charge in [-0.1, -0.05) is 18.2 Å². The third-order valence-electron chi connectivity index (χ3n) is 4.37. The maximum absolute atomic E-state index is 14.4. The van der Waals surface area contributed by atoms with Crippen molar-refractivity contribution in [1.29, 1.82) is 0 Å². The second-order valence-electron chi connectivity index (χ2n) is 6.05. The van der Waals surface area contributed by atoms with Crippen LogP contribution in [0.2, 0.25) is 0 Å². The van der Waals surface area contributed by atoms with Gasteiger partial charge < -0.3 is 20.3 Å². The number of fused-ring (bicyclic) bond motifs is 1. The van der Waals surface area contributed by atoms with Gasteiger partial charge in [-0.3, -0.25) is 9.36 Å². The van der Waals surface area contributed by atoms with Crippen molar-refractivity contribution in [2.24, 2.45) is 0 Å². The molecule has 4 rings (SSSR count). The molecule has 2 aromatic heterocycles. The van der Waals surface area contributed by atoms with Crippen LogP contribution in [0.15, 0.2) is 43.0 Å². The topological polar surface area (TPSA) is 122 Å². The van der Waals surface area contributed by atoms with Crippen LogP contribution in [0.1, 0.15) is 16.6 Å². The zero-order valence-electron chi connectivity index (χ0n) is 13.9. The number of aliphatic hydroxyl groups excluding tert-OH is 2. The van der Waals surface area contributed by atoms with Crippen LogP contribution in [0.25, 0.3) is 11.2 Å². The van der Waals surface area contributed by atoms with E-state index in [0.717, 1.165) is 0 Å². The summed E-state index contributed by atoms with van der Waals surface area (Å²) >= 11 is 0. The second-order valence-corrected chi connectivity index (χ2v) is 6.05. The predicted octanol–water partition coefficient (Wildman–Crippen LogP) is 0.667. The first kappa shape index (κ1) is 17.5. The first-order valence-electron chi connectivity index (χ1n) is 8.22. The Hall–Kier alpha value is -2.95. The minimum Gasteiger partial charge on any atom is -0.394 e. The number of nitrogens with zero attached hydrogens (tertiary/aromatic N) is 4. The number of aromatic nitrogens is 4. The van der Waals surface area contributed by atoms with Gasteiger partial charge in [0.25, 0.3) is 5.91 Å². The van der Waals surface area contributed by atoms with Crippen molar-refractivity contribution in [1.82, 2.24) is 19.5 Å². The summed E-state index contributed by atoms with van der Waals surface area (Å²) in [7, 11) is 0. The van der Waals surface area contributed by atoms with Crippen molar-refractivity contribution < 1.29 is 24.1 Å². The normalized spacial score (nSPS) is 25.0. The van der Waals surface area contributed by atoms with Crippen LogP contribution >= 0.6 is 0 Å². The molecule has 140 valence electrons. The molecular weight excluding hydrogens is 357 g/mol. The number of alkyl halides is 1. The van der Waals surface area contributed by atoms with Crippen molar-refractivity contribution >= 4 is 22.9 Å². The molecule has 1 fully saturated rings. The summed E-state index contributed by atoms with van der Waals surface area (Å²) in [6, 6.07) is 8.58. The summed E-state index contributed by atoms with van der Waals surface area (Å²) in [5, 5.41) is 21.7. The summed E-state index contributed by atoms with van der Waals surface area (Å²) in [4.78, 5) is 24.6. The van der Waals surface area contributed by atoms with Gasteiger partial charge in [0.2, 0.25) is 0 Å². The van der Waals surface area contributed by atoms with Gasteiger partial charge in [-0.15, -0.1) is 0 Å². The Bertz CT molecular complexity index is 966. The lowest BCUT2D eigenvalue weighted by Crippen LogP contribution is -2.30. The monoisotopic (exact) mass is 373 g/mol. The molecule has 1 aromatic carbocycles. The van der Waals surface area contributed by atoms with Gasteiger partial charge in [0.05, 0.1) is 12.9 Å². The maximum Gasteiger partial charge on any atom is 0.256 e. The number of imidazole rings is 1. The van der Waals surface area contributed by atoms with Crippen LogP contribution in [0, 0.1) is 0 Å². The molecule has 3 aromatic rings. The van der Waals surface area contributed by atoms with Gasteiger partial charge in [0.15, 0.2) is 29.4 Å². The average molecular weight is 373 g/mol. The van der Waals surface area contributed by atoms with Gasteiger partial charge in [-0.2, -0.15) is 0 Å². The van der Waals surface area contributed by atoms with Gasteiger partial charge in [0, 0.05) is 5.56 Å². The van der Waals surface area contributed by atoms with Crippen molar-refractivity contribution in [2.45, 2.75) is 24.6 Å². The van der Waals surface area contributed by atoms with Gasteiger partial charge >= 0.3 is 0 Å². The molecule has 9 nitrogen and oxygen atoms in total. The van der Waals surface area contributed by atoms with Crippen LogP contribution in [-0.2, 0) is 4.74 Å². The molecule has 4 atom stereocenters. The summed E-state index contributed by atoms with van der Waals surface area (Å²) in [6.07, 6.45) is -2.96. The van der Waals surface area contributed by atoms with Crippen molar-refractivity contribution in [3.05, 3.63) is 48.5 Å². The van der Waals surface area contributed by atoms with E-state index in [4.69, 9.17) is 4.74 Å². The lowest BCUT2D eigenvalue weighted by Gasteiger charge is -2.15. The molecule has 1 aliphatic heterocycles. The number of amides is 1. The summed E-state index contributed by atoms with van der Waals surface area (Å²) in [5.74, 6) is -0.207. The highest BCUT2D eigenvalue weighted by Gasteiger charge is 2.45. The molecule has 3 heterocycles. The van der Waals surface area contributed by atoms with Crippen LogP contribution < -0.4 is 5.32 Å². The molecule has 10 heteroatoms. The molecular formula is C17H16FN5O4. The van der Waals surface area contributed by atoms with E-state index in [9.17, 15) is 19.4 Å². The Morgan fingerprint density at radius 2 is 2.04 bits per heavy atom. The number of anilines is 1. The number of rotatable bonds is 4. The molecule has 1 unspecified atom stereocenters. The van der Waals surface area contributed by atoms with Gasteiger partial charge in [-0.25, -0.2) is 19.3 Å². The lowest BCUT2D eigenvalue weighted by molar-refractivity contribution is -0.0459. The van der Waals surface area contributed by atoms with Crippen LogP contribution in [0.5, 0.6) is 0 Å². The zero-order chi connectivity index (χ0) is 19.0. The van der Waals surface area contributed by atoms with E-state index in [1.807, 2.05) is 0 Å². The largest absolute Gasteiger partial charge is 0.394 e. The minimum absolute atomic E-state index is 0.167. The molecule has 0 spiro atoms. The van der Waals surface area contributed by atoms with E-state index in [1.165, 1.54) is 17.2 Å². The zero-order valence-corrected chi connectivity index (χ0v) is 13.9. The molecule has 1 saturated heterocycles. The molecule has 0 radical (unpaired) electrons. The Balaban J connectivity index is 1.65. The number of hydrogen-bond donors (Lipinski definition) is 3. The van der Waals surface area contributed by atoms with Gasteiger partial charge in [0.1, 0.15) is 18.5 Å². The third kappa shape index (κ3) is 3.03. The van der Waals surface area contributed by atoms with Crippen LogP contribution in [0.3, 0.4) is 0 Å². The Morgan fingerprint density at radius 1 is 1.26 bits per heavy atom. The minimum atomic E-state index is -1.77. The van der Waals surface area contributed by atoms with Crippen LogP contribution in [-0.4, -0.2) is 60.6 Å². The lowest BCUT2D eigenvalue weighted by atomic mass is 10.1. The highest BCUT2D eigenvalue weighted by Crippen LogP contribution is 2.34. The molecule has 27 heavy (non-hydrogen) atoms. The first-order chi connectivity index (χ1) is 13.1. The SMILES string of the molecule is O=C(Nc1ncnc2c1ncn2[C@@H]1OC(CO)[C@@H](O)[C@@H]1F)c1ccccc1. The third-order valence-corrected chi connectivity index (χ3v) is 4.37. The van der Waals surface area contributed by atoms with Crippen molar-refractivity contribution in [3.63, 3.8) is 0 Å². The highest BCUT2D eigenvalue weighted by atomic mass is 19.1. The molecule has 0 bridgehead atoms. The molecule has 1 amide bonds. The van der Waals surface area contributed by atoms with E-state index >= 15 is 0 Å². The summed E-state index contributed by atoms with van der Waals surface area (Å²) in [5.41, 5.74) is 0.923. The van der Waals surface area contributed by atoms with E-state index in [-0.39, 0.29) is 22.9 Å². The fourth-order valence-electron chi connectivity index (χ4n) is 2.98. The number of ether oxygens (including phenoxy) is 1. The van der Waals surface area contributed by atoms with E-state index < -0.39 is 31.2 Å². The molecule has 0 aliphatic carbocycles.